The van der Waals surface area contributed by atoms with E-state index in [1.165, 1.54) is 6.20 Å². The normalized spacial score (nSPS) is 13.4. The van der Waals surface area contributed by atoms with E-state index in [1.807, 2.05) is 37.3 Å². The minimum Gasteiger partial charge on any atom is -0.504 e. The fourth-order valence-corrected chi connectivity index (χ4v) is 3.35. The van der Waals surface area contributed by atoms with Crippen LogP contribution in [0.1, 0.15) is 21.6 Å². The van der Waals surface area contributed by atoms with Crippen LogP contribution >= 0.6 is 0 Å². The summed E-state index contributed by atoms with van der Waals surface area (Å²) < 4.78 is 5.71. The topological polar surface area (TPSA) is 95.5 Å². The van der Waals surface area contributed by atoms with E-state index < -0.39 is 0 Å². The number of nitrogens with zero attached hydrogens (tertiary/aromatic N) is 2. The Kier molecular flexibility index (Phi) is 4.57. The molecule has 1 aromatic heterocycles. The number of benzene rings is 2. The summed E-state index contributed by atoms with van der Waals surface area (Å²) in [6.07, 6.45) is 2.39. The molecule has 2 aromatic carbocycles. The summed E-state index contributed by atoms with van der Waals surface area (Å²) in [7, 11) is 0. The number of ether oxygens (including phenoxy) is 1. The molecule has 1 amide bonds. The predicted molar refractivity (Wildman–Crippen MR) is 103 cm³/mol. The van der Waals surface area contributed by atoms with Gasteiger partial charge in [0.15, 0.2) is 11.5 Å². The fourth-order valence-electron chi connectivity index (χ4n) is 3.35. The number of phenolic OH excluding ortho intramolecular Hbond substituents is 1. The molecule has 0 saturated carbocycles. The van der Waals surface area contributed by atoms with E-state index in [1.54, 1.807) is 11.0 Å². The number of fused-ring (bicyclic) bond motifs is 1. The Morgan fingerprint density at radius 1 is 1.29 bits per heavy atom. The zero-order chi connectivity index (χ0) is 19.7. The molecule has 4 rings (SSSR count). The van der Waals surface area contributed by atoms with Crippen LogP contribution in [0.25, 0.3) is 11.1 Å². The van der Waals surface area contributed by atoms with Gasteiger partial charge in [-0.15, -0.1) is 0 Å². The molecule has 142 valence electrons. The lowest BCUT2D eigenvalue weighted by Crippen LogP contribution is -2.33. The van der Waals surface area contributed by atoms with Gasteiger partial charge in [0.05, 0.1) is 12.7 Å². The standard InChI is InChI=1S/C21H19N3O4/c1-13-4-2-3-5-16(13)14-8-15-12-24(6-7-28-20(15)18(25)9-14)21(27)17-10-23-19(26)11-22-17/h2-5,8-11,25H,6-7,12H2,1H3,(H,23,26). The zero-order valence-electron chi connectivity index (χ0n) is 15.3. The van der Waals surface area contributed by atoms with E-state index in [0.29, 0.717) is 17.9 Å². The maximum absolute atomic E-state index is 12.8. The predicted octanol–water partition coefficient (Wildman–Crippen LogP) is 2.49. The second-order valence-corrected chi connectivity index (χ2v) is 6.67. The number of hydrogen-bond acceptors (Lipinski definition) is 5. The largest absolute Gasteiger partial charge is 0.504 e. The lowest BCUT2D eigenvalue weighted by molar-refractivity contribution is 0.0726. The van der Waals surface area contributed by atoms with E-state index in [4.69, 9.17) is 4.74 Å². The minimum absolute atomic E-state index is 0.0484. The first-order valence-corrected chi connectivity index (χ1v) is 8.91. The molecule has 0 spiro atoms. The highest BCUT2D eigenvalue weighted by atomic mass is 16.5. The zero-order valence-corrected chi connectivity index (χ0v) is 15.3. The number of nitrogens with one attached hydrogen (secondary N) is 1. The Bertz CT molecular complexity index is 1090. The number of amides is 1. The SMILES string of the molecule is Cc1ccccc1-c1cc(O)c2c(c1)CN(C(=O)c1c[nH]c(=O)cn1)CCO2. The molecule has 1 aliphatic heterocycles. The number of aromatic hydroxyl groups is 1. The lowest BCUT2D eigenvalue weighted by atomic mass is 9.98. The summed E-state index contributed by atoms with van der Waals surface area (Å²) in [6.45, 7) is 2.86. The summed E-state index contributed by atoms with van der Waals surface area (Å²) >= 11 is 0. The highest BCUT2D eigenvalue weighted by Gasteiger charge is 2.24. The average molecular weight is 377 g/mol. The van der Waals surface area contributed by atoms with E-state index in [0.717, 1.165) is 22.9 Å². The van der Waals surface area contributed by atoms with Gasteiger partial charge in [0.25, 0.3) is 11.5 Å². The first kappa shape index (κ1) is 17.8. The number of aromatic nitrogens is 2. The Hall–Kier alpha value is -3.61. The highest BCUT2D eigenvalue weighted by molar-refractivity contribution is 5.92. The first-order valence-electron chi connectivity index (χ1n) is 8.91. The number of rotatable bonds is 2. The van der Waals surface area contributed by atoms with Crippen molar-refractivity contribution in [1.29, 1.82) is 0 Å². The van der Waals surface area contributed by atoms with Crippen LogP contribution < -0.4 is 10.3 Å². The van der Waals surface area contributed by atoms with Crippen molar-refractivity contribution in [3.63, 3.8) is 0 Å². The van der Waals surface area contributed by atoms with Crippen LogP contribution in [0.5, 0.6) is 11.5 Å². The van der Waals surface area contributed by atoms with Crippen molar-refractivity contribution in [1.82, 2.24) is 14.9 Å². The van der Waals surface area contributed by atoms with E-state index in [-0.39, 0.29) is 36.1 Å². The third-order valence-corrected chi connectivity index (χ3v) is 4.75. The second-order valence-electron chi connectivity index (χ2n) is 6.67. The van der Waals surface area contributed by atoms with Crippen LogP contribution in [0.4, 0.5) is 0 Å². The van der Waals surface area contributed by atoms with Gasteiger partial charge in [-0.05, 0) is 35.7 Å². The number of hydrogen-bond donors (Lipinski definition) is 2. The Morgan fingerprint density at radius 2 is 2.11 bits per heavy atom. The van der Waals surface area contributed by atoms with Crippen molar-refractivity contribution in [2.45, 2.75) is 13.5 Å². The van der Waals surface area contributed by atoms with Gasteiger partial charge >= 0.3 is 0 Å². The van der Waals surface area contributed by atoms with Crippen LogP contribution in [0.3, 0.4) is 0 Å². The van der Waals surface area contributed by atoms with Gasteiger partial charge in [-0.25, -0.2) is 4.98 Å². The van der Waals surface area contributed by atoms with E-state index >= 15 is 0 Å². The molecule has 0 fully saturated rings. The molecule has 2 N–H and O–H groups in total. The van der Waals surface area contributed by atoms with Crippen molar-refractivity contribution in [3.05, 3.63) is 76.0 Å². The van der Waals surface area contributed by atoms with Crippen LogP contribution in [0.2, 0.25) is 0 Å². The van der Waals surface area contributed by atoms with E-state index in [2.05, 4.69) is 9.97 Å². The average Bonchev–Trinajstić information content (AvgIpc) is 2.91. The molecule has 28 heavy (non-hydrogen) atoms. The maximum Gasteiger partial charge on any atom is 0.274 e. The van der Waals surface area contributed by atoms with Crippen molar-refractivity contribution in [3.8, 4) is 22.6 Å². The third-order valence-electron chi connectivity index (χ3n) is 4.75. The summed E-state index contributed by atoms with van der Waals surface area (Å²) in [5, 5.41) is 10.5. The van der Waals surface area contributed by atoms with Crippen LogP contribution in [-0.2, 0) is 6.54 Å². The molecule has 0 radical (unpaired) electrons. The second kappa shape index (κ2) is 7.19. The molecule has 0 saturated heterocycles. The Morgan fingerprint density at radius 3 is 2.86 bits per heavy atom. The molecule has 3 aromatic rings. The number of aromatic amines is 1. The molecule has 7 nitrogen and oxygen atoms in total. The van der Waals surface area contributed by atoms with Gasteiger partial charge in [-0.2, -0.15) is 0 Å². The summed E-state index contributed by atoms with van der Waals surface area (Å²) in [5.41, 5.74) is 3.45. The molecule has 0 atom stereocenters. The smallest absolute Gasteiger partial charge is 0.274 e. The summed E-state index contributed by atoms with van der Waals surface area (Å²) in [5.74, 6) is 0.128. The van der Waals surface area contributed by atoms with Crippen molar-refractivity contribution >= 4 is 5.91 Å². The van der Waals surface area contributed by atoms with E-state index in [9.17, 15) is 14.7 Å². The molecule has 0 aliphatic carbocycles. The van der Waals surface area contributed by atoms with Crippen molar-refractivity contribution in [2.75, 3.05) is 13.2 Å². The summed E-state index contributed by atoms with van der Waals surface area (Å²) in [4.78, 5) is 31.9. The Labute approximate surface area is 161 Å². The monoisotopic (exact) mass is 377 g/mol. The maximum atomic E-state index is 12.8. The molecular weight excluding hydrogens is 358 g/mol. The molecule has 1 aliphatic rings. The molecule has 0 bridgehead atoms. The molecule has 7 heteroatoms. The van der Waals surface area contributed by atoms with Gasteiger partial charge in [-0.3, -0.25) is 9.59 Å². The quantitative estimate of drug-likeness (QED) is 0.715. The van der Waals surface area contributed by atoms with Crippen LogP contribution in [0.15, 0.2) is 53.6 Å². The number of carbonyl (C=O) groups is 1. The minimum atomic E-state index is -0.367. The lowest BCUT2D eigenvalue weighted by Gasteiger charge is -2.19. The number of aryl methyl sites for hydroxylation is 1. The molecular formula is C21H19N3O4. The van der Waals surface area contributed by atoms with Gasteiger partial charge in [-0.1, -0.05) is 24.3 Å². The third kappa shape index (κ3) is 3.34. The van der Waals surface area contributed by atoms with Gasteiger partial charge in [0.2, 0.25) is 0 Å². The number of carbonyl (C=O) groups excluding carboxylic acids is 1. The fraction of sp³-hybridized carbons (Fsp3) is 0.190. The number of phenols is 1. The van der Waals surface area contributed by atoms with Gasteiger partial charge in [0.1, 0.15) is 12.3 Å². The highest BCUT2D eigenvalue weighted by Crippen LogP contribution is 2.38. The molecule has 2 heterocycles. The van der Waals surface area contributed by atoms with Gasteiger partial charge < -0.3 is 19.7 Å². The molecule has 0 unspecified atom stereocenters. The van der Waals surface area contributed by atoms with Crippen LogP contribution in [0, 0.1) is 6.92 Å². The first-order chi connectivity index (χ1) is 13.5. The van der Waals surface area contributed by atoms with Crippen LogP contribution in [-0.4, -0.2) is 39.0 Å². The van der Waals surface area contributed by atoms with Gasteiger partial charge in [0, 0.05) is 18.3 Å². The Balaban J connectivity index is 1.70. The summed E-state index contributed by atoms with van der Waals surface area (Å²) in [6, 6.07) is 11.5. The van der Waals surface area contributed by atoms with Crippen molar-refractivity contribution < 1.29 is 14.6 Å². The number of H-pyrrole nitrogens is 1. The van der Waals surface area contributed by atoms with Crippen molar-refractivity contribution in [2.24, 2.45) is 0 Å².